The van der Waals surface area contributed by atoms with Crippen LogP contribution in [0.1, 0.15) is 19.4 Å². The Kier molecular flexibility index (Phi) is 6.67. The second-order valence-corrected chi connectivity index (χ2v) is 8.38. The van der Waals surface area contributed by atoms with Gasteiger partial charge in [-0.25, -0.2) is 0 Å². The highest BCUT2D eigenvalue weighted by molar-refractivity contribution is 7.86. The summed E-state index contributed by atoms with van der Waals surface area (Å²) in [7, 11) is 1.28. The smallest absolute Gasteiger partial charge is 0.281 e. The van der Waals surface area contributed by atoms with Crippen LogP contribution in [0.4, 0.5) is 0 Å². The summed E-state index contributed by atoms with van der Waals surface area (Å²) in [6.07, 6.45) is 0.390. The molecule has 0 amide bonds. The molecule has 0 bridgehead atoms. The van der Waals surface area contributed by atoms with Gasteiger partial charge in [-0.3, -0.25) is 0 Å². The van der Waals surface area contributed by atoms with Gasteiger partial charge >= 0.3 is 0 Å². The molecule has 8 heteroatoms. The van der Waals surface area contributed by atoms with Crippen LogP contribution in [0, 0.1) is 0 Å². The molecule has 0 N–H and O–H groups in total. The summed E-state index contributed by atoms with van der Waals surface area (Å²) in [6.45, 7) is 4.93. The van der Waals surface area contributed by atoms with E-state index in [9.17, 15) is 8.42 Å². The fourth-order valence-electron chi connectivity index (χ4n) is 2.95. The molecule has 0 saturated carbocycles. The first kappa shape index (κ1) is 20.0. The molecule has 1 aliphatic heterocycles. The summed E-state index contributed by atoms with van der Waals surface area (Å²) >= 11 is 0. The van der Waals surface area contributed by atoms with E-state index in [1.807, 2.05) is 32.0 Å². The molecule has 25 heavy (non-hydrogen) atoms. The normalized spacial score (nSPS) is 22.2. The van der Waals surface area contributed by atoms with Crippen LogP contribution in [-0.4, -0.2) is 70.1 Å². The van der Waals surface area contributed by atoms with Crippen molar-refractivity contribution in [2.24, 2.45) is 0 Å². The topological polar surface area (TPSA) is 68.3 Å². The monoisotopic (exact) mass is 372 g/mol. The zero-order valence-electron chi connectivity index (χ0n) is 15.6. The first-order valence-corrected chi connectivity index (χ1v) is 9.75. The standard InChI is InChI=1S/C17H28N2O5S/c1-13-11-19(12-14(2)24-13)25(20,21)18(3)9-8-15-6-7-16(22-4)17(10-15)23-5/h6-7,10,13-14H,8-9,11-12H2,1-5H3/t13-,14-/m1/s1. The minimum absolute atomic E-state index is 0.0993. The Morgan fingerprint density at radius 2 is 1.76 bits per heavy atom. The second-order valence-electron chi connectivity index (χ2n) is 6.34. The Hall–Kier alpha value is -1.35. The van der Waals surface area contributed by atoms with Gasteiger partial charge in [0.05, 0.1) is 26.4 Å². The maximum Gasteiger partial charge on any atom is 0.281 e. The molecule has 0 aromatic heterocycles. The predicted octanol–water partition coefficient (Wildman–Crippen LogP) is 1.53. The van der Waals surface area contributed by atoms with Gasteiger partial charge in [0, 0.05) is 26.7 Å². The molecule has 0 aliphatic carbocycles. The number of morpholine rings is 1. The van der Waals surface area contributed by atoms with Crippen LogP contribution in [0.15, 0.2) is 18.2 Å². The van der Waals surface area contributed by atoms with Crippen LogP contribution in [0.2, 0.25) is 0 Å². The minimum atomic E-state index is -3.50. The van der Waals surface area contributed by atoms with E-state index >= 15 is 0 Å². The molecule has 1 heterocycles. The van der Waals surface area contributed by atoms with Crippen molar-refractivity contribution in [2.45, 2.75) is 32.5 Å². The van der Waals surface area contributed by atoms with E-state index in [0.29, 0.717) is 37.6 Å². The predicted molar refractivity (Wildman–Crippen MR) is 96.4 cm³/mol. The lowest BCUT2D eigenvalue weighted by Gasteiger charge is -2.36. The van der Waals surface area contributed by atoms with Gasteiger partial charge in [-0.1, -0.05) is 6.07 Å². The number of nitrogens with zero attached hydrogens (tertiary/aromatic N) is 2. The van der Waals surface area contributed by atoms with Crippen molar-refractivity contribution < 1.29 is 22.6 Å². The summed E-state index contributed by atoms with van der Waals surface area (Å²) in [5.74, 6) is 1.30. The van der Waals surface area contributed by atoms with Crippen molar-refractivity contribution in [3.8, 4) is 11.5 Å². The molecule has 2 atom stereocenters. The third-order valence-corrected chi connectivity index (χ3v) is 6.19. The van der Waals surface area contributed by atoms with Crippen LogP contribution in [0.25, 0.3) is 0 Å². The number of likely N-dealkylation sites (N-methyl/N-ethyl adjacent to an activating group) is 1. The lowest BCUT2D eigenvalue weighted by molar-refractivity contribution is -0.0452. The summed E-state index contributed by atoms with van der Waals surface area (Å²) < 4.78 is 44.6. The van der Waals surface area contributed by atoms with Crippen molar-refractivity contribution in [3.63, 3.8) is 0 Å². The molecule has 1 aromatic rings. The molecule has 1 fully saturated rings. The van der Waals surface area contributed by atoms with Crippen LogP contribution in [-0.2, 0) is 21.4 Å². The minimum Gasteiger partial charge on any atom is -0.493 e. The highest BCUT2D eigenvalue weighted by atomic mass is 32.2. The van der Waals surface area contributed by atoms with Gasteiger partial charge in [-0.2, -0.15) is 17.0 Å². The van der Waals surface area contributed by atoms with Crippen molar-refractivity contribution in [1.82, 2.24) is 8.61 Å². The van der Waals surface area contributed by atoms with Crippen LogP contribution >= 0.6 is 0 Å². The van der Waals surface area contributed by atoms with Gasteiger partial charge in [-0.15, -0.1) is 0 Å². The largest absolute Gasteiger partial charge is 0.493 e. The zero-order valence-corrected chi connectivity index (χ0v) is 16.4. The summed E-state index contributed by atoms with van der Waals surface area (Å²) in [6, 6.07) is 5.62. The number of ether oxygens (including phenoxy) is 3. The van der Waals surface area contributed by atoms with Crippen molar-refractivity contribution in [2.75, 3.05) is 40.9 Å². The molecule has 0 radical (unpaired) electrons. The zero-order chi connectivity index (χ0) is 18.6. The van der Waals surface area contributed by atoms with E-state index in [4.69, 9.17) is 14.2 Å². The van der Waals surface area contributed by atoms with Crippen LogP contribution in [0.5, 0.6) is 11.5 Å². The average molecular weight is 372 g/mol. The van der Waals surface area contributed by atoms with Crippen molar-refractivity contribution in [3.05, 3.63) is 23.8 Å². The maximum absolute atomic E-state index is 12.8. The van der Waals surface area contributed by atoms with Crippen LogP contribution < -0.4 is 9.47 Å². The molecule has 7 nitrogen and oxygen atoms in total. The first-order valence-electron chi connectivity index (χ1n) is 8.35. The third kappa shape index (κ3) is 4.84. The highest BCUT2D eigenvalue weighted by Gasteiger charge is 2.33. The quantitative estimate of drug-likeness (QED) is 0.726. The molecule has 1 aromatic carbocycles. The first-order chi connectivity index (χ1) is 11.8. The lowest BCUT2D eigenvalue weighted by Crippen LogP contribution is -2.52. The summed E-state index contributed by atoms with van der Waals surface area (Å²) in [5, 5.41) is 0. The Morgan fingerprint density at radius 3 is 2.32 bits per heavy atom. The number of hydrogen-bond acceptors (Lipinski definition) is 5. The average Bonchev–Trinajstić information content (AvgIpc) is 2.58. The molecular formula is C17H28N2O5S. The molecule has 0 unspecified atom stereocenters. The molecular weight excluding hydrogens is 344 g/mol. The maximum atomic E-state index is 12.8. The van der Waals surface area contributed by atoms with Gasteiger partial charge in [0.15, 0.2) is 11.5 Å². The Bertz CT molecular complexity index is 670. The SMILES string of the molecule is COc1ccc(CCN(C)S(=O)(=O)N2C[C@@H](C)O[C@H](C)C2)cc1OC. The van der Waals surface area contributed by atoms with Crippen LogP contribution in [0.3, 0.4) is 0 Å². The number of benzene rings is 1. The number of rotatable bonds is 7. The Labute approximate surface area is 150 Å². The fraction of sp³-hybridized carbons (Fsp3) is 0.647. The van der Waals surface area contributed by atoms with Gasteiger partial charge in [0.25, 0.3) is 10.2 Å². The summed E-state index contributed by atoms with van der Waals surface area (Å²) in [4.78, 5) is 0. The number of hydrogen-bond donors (Lipinski definition) is 0. The van der Waals surface area contributed by atoms with Crippen molar-refractivity contribution >= 4 is 10.2 Å². The van der Waals surface area contributed by atoms with Gasteiger partial charge in [-0.05, 0) is 38.0 Å². The molecule has 2 rings (SSSR count). The fourth-order valence-corrected chi connectivity index (χ4v) is 4.47. The van der Waals surface area contributed by atoms with E-state index in [1.54, 1.807) is 21.3 Å². The van der Waals surface area contributed by atoms with E-state index in [0.717, 1.165) is 5.56 Å². The molecule has 1 aliphatic rings. The molecule has 0 spiro atoms. The van der Waals surface area contributed by atoms with Gasteiger partial charge in [0.1, 0.15) is 0 Å². The Morgan fingerprint density at radius 1 is 1.16 bits per heavy atom. The number of methoxy groups -OCH3 is 2. The van der Waals surface area contributed by atoms with Crippen molar-refractivity contribution in [1.29, 1.82) is 0 Å². The van der Waals surface area contributed by atoms with Gasteiger partial charge < -0.3 is 14.2 Å². The third-order valence-electron chi connectivity index (χ3n) is 4.27. The van der Waals surface area contributed by atoms with E-state index in [-0.39, 0.29) is 12.2 Å². The van der Waals surface area contributed by atoms with E-state index in [1.165, 1.54) is 8.61 Å². The van der Waals surface area contributed by atoms with Gasteiger partial charge in [0.2, 0.25) is 0 Å². The Balaban J connectivity index is 2.02. The van der Waals surface area contributed by atoms with E-state index < -0.39 is 10.2 Å². The molecule has 1 saturated heterocycles. The summed E-state index contributed by atoms with van der Waals surface area (Å²) in [5.41, 5.74) is 0.989. The van der Waals surface area contributed by atoms with E-state index in [2.05, 4.69) is 0 Å². The highest BCUT2D eigenvalue weighted by Crippen LogP contribution is 2.28. The lowest BCUT2D eigenvalue weighted by atomic mass is 10.1. The second kappa shape index (κ2) is 8.35. The molecule has 142 valence electrons.